The number of hydrogen-bond donors (Lipinski definition) is 5. The molecule has 1 fully saturated rings. The van der Waals surface area contributed by atoms with Gasteiger partial charge in [0.2, 0.25) is 0 Å². The van der Waals surface area contributed by atoms with Crippen molar-refractivity contribution in [2.75, 3.05) is 30.7 Å². The summed E-state index contributed by atoms with van der Waals surface area (Å²) in [7, 11) is 0. The van der Waals surface area contributed by atoms with Gasteiger partial charge in [-0.15, -0.1) is 0 Å². The fourth-order valence-electron chi connectivity index (χ4n) is 4.84. The summed E-state index contributed by atoms with van der Waals surface area (Å²) in [6, 6.07) is 11.3. The molecule has 1 aliphatic rings. The Morgan fingerprint density at radius 2 is 1.87 bits per heavy atom. The van der Waals surface area contributed by atoms with Gasteiger partial charge < -0.3 is 31.3 Å². The predicted molar refractivity (Wildman–Crippen MR) is 151 cm³/mol. The molecular formula is C28H41N7O4. The van der Waals surface area contributed by atoms with Gasteiger partial charge in [-0.1, -0.05) is 32.9 Å². The predicted octanol–water partition coefficient (Wildman–Crippen LogP) is 2.69. The Bertz CT molecular complexity index is 1260. The molecule has 212 valence electrons. The zero-order chi connectivity index (χ0) is 28.3. The number of nitrogens with one attached hydrogen (secondary N) is 2. The molecule has 4 atom stereocenters. The van der Waals surface area contributed by atoms with Crippen molar-refractivity contribution in [3.63, 3.8) is 0 Å². The largest absolute Gasteiger partial charge is 0.388 e. The number of carbonyl (C=O) groups is 1. The summed E-state index contributed by atoms with van der Waals surface area (Å²) < 4.78 is 7.74. The highest BCUT2D eigenvalue weighted by Crippen LogP contribution is 2.35. The average molecular weight is 540 g/mol. The van der Waals surface area contributed by atoms with Crippen molar-refractivity contribution in [3.05, 3.63) is 54.0 Å². The average Bonchev–Trinajstić information content (AvgIpc) is 3.42. The van der Waals surface area contributed by atoms with Crippen LogP contribution in [0.2, 0.25) is 0 Å². The number of rotatable bonds is 9. The lowest BCUT2D eigenvalue weighted by Gasteiger charge is -2.30. The van der Waals surface area contributed by atoms with Crippen LogP contribution in [0.3, 0.4) is 0 Å². The number of ether oxygens (including phenoxy) is 1. The Hall–Kier alpha value is -3.25. The lowest BCUT2D eigenvalue weighted by Crippen LogP contribution is -2.44. The number of amides is 2. The fourth-order valence-corrected chi connectivity index (χ4v) is 4.84. The van der Waals surface area contributed by atoms with E-state index in [0.29, 0.717) is 43.1 Å². The summed E-state index contributed by atoms with van der Waals surface area (Å²) in [6.07, 6.45) is -1.46. The highest BCUT2D eigenvalue weighted by molar-refractivity contribution is 5.89. The van der Waals surface area contributed by atoms with Crippen LogP contribution in [0.5, 0.6) is 0 Å². The summed E-state index contributed by atoms with van der Waals surface area (Å²) >= 11 is 0. The maximum Gasteiger partial charge on any atom is 0.319 e. The molecular weight excluding hydrogens is 498 g/mol. The first-order chi connectivity index (χ1) is 18.5. The fraction of sp³-hybridized carbons (Fsp3) is 0.536. The number of fused-ring (bicyclic) bond motifs is 1. The molecule has 1 aromatic carbocycles. The summed E-state index contributed by atoms with van der Waals surface area (Å²) in [5.41, 5.74) is 9.16. The number of hydrogen-bond acceptors (Lipinski definition) is 8. The van der Waals surface area contributed by atoms with Crippen LogP contribution >= 0.6 is 0 Å². The molecule has 4 rings (SSSR count). The van der Waals surface area contributed by atoms with Crippen molar-refractivity contribution in [3.8, 4) is 0 Å². The smallest absolute Gasteiger partial charge is 0.319 e. The van der Waals surface area contributed by atoms with Crippen LogP contribution in [0.4, 0.5) is 16.3 Å². The van der Waals surface area contributed by atoms with E-state index in [0.717, 1.165) is 5.69 Å². The van der Waals surface area contributed by atoms with Gasteiger partial charge in [-0.25, -0.2) is 14.3 Å². The van der Waals surface area contributed by atoms with Crippen molar-refractivity contribution >= 4 is 23.1 Å². The molecule has 2 aromatic heterocycles. The van der Waals surface area contributed by atoms with E-state index in [-0.39, 0.29) is 17.5 Å². The second-order valence-corrected chi connectivity index (χ2v) is 11.4. The molecule has 0 radical (unpaired) electrons. The Kier molecular flexibility index (Phi) is 8.75. The number of aromatic nitrogens is 3. The number of urea groups is 1. The number of nitrogen functional groups attached to an aromatic ring is 1. The van der Waals surface area contributed by atoms with Crippen molar-refractivity contribution in [2.24, 2.45) is 0 Å². The van der Waals surface area contributed by atoms with Gasteiger partial charge in [-0.05, 0) is 55.5 Å². The summed E-state index contributed by atoms with van der Waals surface area (Å²) in [5, 5.41) is 31.6. The molecule has 6 N–H and O–H groups in total. The molecule has 0 spiro atoms. The van der Waals surface area contributed by atoms with Gasteiger partial charge in [-0.3, -0.25) is 4.90 Å². The third-order valence-corrected chi connectivity index (χ3v) is 7.23. The first-order valence-corrected chi connectivity index (χ1v) is 13.4. The van der Waals surface area contributed by atoms with Gasteiger partial charge in [0.25, 0.3) is 0 Å². The van der Waals surface area contributed by atoms with Crippen LogP contribution in [0.1, 0.15) is 58.4 Å². The van der Waals surface area contributed by atoms with Crippen molar-refractivity contribution in [1.29, 1.82) is 0 Å². The van der Waals surface area contributed by atoms with Crippen LogP contribution in [-0.4, -0.2) is 79.7 Å². The van der Waals surface area contributed by atoms with Gasteiger partial charge in [0, 0.05) is 31.4 Å². The number of aliphatic hydroxyl groups is 2. The Morgan fingerprint density at radius 1 is 1.15 bits per heavy atom. The second-order valence-electron chi connectivity index (χ2n) is 11.4. The topological polar surface area (TPSA) is 150 Å². The SMILES string of the molecule is CC(C)N(CCCNC(=O)Nc1ccc(C(C)(C)C)cc1)C[C@H]1O[C@@H](c2ccc3c(N)ncnn23)[C@H](O)[C@@H]1O. The van der Waals surface area contributed by atoms with Gasteiger partial charge >= 0.3 is 6.03 Å². The van der Waals surface area contributed by atoms with Crippen LogP contribution in [-0.2, 0) is 10.2 Å². The quantitative estimate of drug-likeness (QED) is 0.261. The normalized spacial score (nSPS) is 21.7. The first-order valence-electron chi connectivity index (χ1n) is 13.4. The molecule has 3 aromatic rings. The Morgan fingerprint density at radius 3 is 2.54 bits per heavy atom. The molecule has 39 heavy (non-hydrogen) atoms. The number of nitrogens with two attached hydrogens (primary N) is 1. The van der Waals surface area contributed by atoms with Crippen molar-refractivity contribution in [1.82, 2.24) is 24.8 Å². The number of aliphatic hydroxyl groups excluding tert-OH is 2. The number of carbonyl (C=O) groups excluding carboxylic acids is 1. The molecule has 0 aliphatic carbocycles. The van der Waals surface area contributed by atoms with Gasteiger partial charge in [-0.2, -0.15) is 5.10 Å². The van der Waals surface area contributed by atoms with Gasteiger partial charge in [0.1, 0.15) is 30.2 Å². The van der Waals surface area contributed by atoms with Crippen LogP contribution in [0.15, 0.2) is 42.7 Å². The second kappa shape index (κ2) is 11.9. The van der Waals surface area contributed by atoms with E-state index >= 15 is 0 Å². The first kappa shape index (κ1) is 28.8. The van der Waals surface area contributed by atoms with Crippen LogP contribution < -0.4 is 16.4 Å². The number of anilines is 2. The van der Waals surface area contributed by atoms with Crippen LogP contribution in [0.25, 0.3) is 5.52 Å². The molecule has 1 saturated heterocycles. The monoisotopic (exact) mass is 539 g/mol. The molecule has 11 nitrogen and oxygen atoms in total. The van der Waals surface area contributed by atoms with E-state index < -0.39 is 24.4 Å². The molecule has 0 bridgehead atoms. The Balaban J connectivity index is 1.27. The standard InChI is InChI=1S/C28H41N7O4/c1-17(2)34(14-6-13-30-27(38)33-19-9-7-18(8-10-19)28(3,4)5)15-22-23(36)24(37)25(39-22)20-11-12-21-26(29)31-16-32-35(20)21/h7-12,16-17,22-25,36-37H,6,13-15H2,1-5H3,(H2,29,31,32)(H2,30,33,38)/t22-,23-,24-,25+/m1/s1. The molecule has 3 heterocycles. The molecule has 0 saturated carbocycles. The highest BCUT2D eigenvalue weighted by atomic mass is 16.5. The van der Waals surface area contributed by atoms with Crippen molar-refractivity contribution in [2.45, 2.75) is 76.9 Å². The minimum Gasteiger partial charge on any atom is -0.388 e. The third-order valence-electron chi connectivity index (χ3n) is 7.23. The summed E-state index contributed by atoms with van der Waals surface area (Å²) in [4.78, 5) is 18.5. The van der Waals surface area contributed by atoms with Crippen LogP contribution in [0, 0.1) is 0 Å². The minimum atomic E-state index is -1.11. The Labute approximate surface area is 229 Å². The van der Waals surface area contributed by atoms with E-state index in [2.05, 4.69) is 60.2 Å². The highest BCUT2D eigenvalue weighted by Gasteiger charge is 2.45. The zero-order valence-corrected chi connectivity index (χ0v) is 23.3. The van der Waals surface area contributed by atoms with E-state index in [1.54, 1.807) is 16.6 Å². The number of nitrogens with zero attached hydrogens (tertiary/aromatic N) is 4. The minimum absolute atomic E-state index is 0.0575. The maximum atomic E-state index is 12.4. The molecule has 0 unspecified atom stereocenters. The lowest BCUT2D eigenvalue weighted by atomic mass is 9.87. The van der Waals surface area contributed by atoms with E-state index in [1.807, 2.05) is 24.3 Å². The summed E-state index contributed by atoms with van der Waals surface area (Å²) in [6.45, 7) is 12.2. The molecule has 2 amide bonds. The molecule has 1 aliphatic heterocycles. The van der Waals surface area contributed by atoms with E-state index in [9.17, 15) is 15.0 Å². The van der Waals surface area contributed by atoms with Gasteiger partial charge in [0.15, 0.2) is 5.82 Å². The maximum absolute atomic E-state index is 12.4. The van der Waals surface area contributed by atoms with E-state index in [4.69, 9.17) is 10.5 Å². The zero-order valence-electron chi connectivity index (χ0n) is 23.3. The summed E-state index contributed by atoms with van der Waals surface area (Å²) in [5.74, 6) is 0.326. The third kappa shape index (κ3) is 6.67. The van der Waals surface area contributed by atoms with E-state index in [1.165, 1.54) is 11.9 Å². The van der Waals surface area contributed by atoms with Crippen molar-refractivity contribution < 1.29 is 19.7 Å². The number of benzene rings is 1. The van der Waals surface area contributed by atoms with Gasteiger partial charge in [0.05, 0.1) is 11.8 Å². The lowest BCUT2D eigenvalue weighted by molar-refractivity contribution is -0.0186. The molecule has 11 heteroatoms.